The van der Waals surface area contributed by atoms with Crippen molar-refractivity contribution in [2.45, 2.75) is 19.1 Å². The zero-order valence-corrected chi connectivity index (χ0v) is 10.00. The van der Waals surface area contributed by atoms with Gasteiger partial charge in [-0.05, 0) is 11.6 Å². The molecule has 0 saturated heterocycles. The molecule has 0 radical (unpaired) electrons. The molecule has 0 bridgehead atoms. The third-order valence-corrected chi connectivity index (χ3v) is 2.92. The van der Waals surface area contributed by atoms with Crippen LogP contribution in [0, 0.1) is 5.92 Å². The Morgan fingerprint density at radius 1 is 1.24 bits per heavy atom. The van der Waals surface area contributed by atoms with Gasteiger partial charge in [-0.15, -0.1) is 0 Å². The summed E-state index contributed by atoms with van der Waals surface area (Å²) in [5, 5.41) is 0. The molecular formula is C14H16O3. The van der Waals surface area contributed by atoms with Crippen molar-refractivity contribution < 1.29 is 14.3 Å². The van der Waals surface area contributed by atoms with E-state index in [1.807, 2.05) is 36.4 Å². The lowest BCUT2D eigenvalue weighted by Gasteiger charge is -2.29. The lowest BCUT2D eigenvalue weighted by molar-refractivity contribution is -0.156. The molecule has 0 N–H and O–H groups in total. The van der Waals surface area contributed by atoms with Gasteiger partial charge in [-0.2, -0.15) is 0 Å². The standard InChI is InChI=1S/C14H16O3/c1-10-8-9-12(14(15)16-2)17-13(10)11-6-4-3-5-7-11/h3-10,12-13H,1-2H3/t10-,12-,13-/m0/s1. The molecule has 0 aromatic heterocycles. The SMILES string of the molecule is COC(=O)[C@@H]1C=C[C@H](C)[C@@H](c2ccccc2)O1. The maximum atomic E-state index is 11.5. The van der Waals surface area contributed by atoms with Crippen molar-refractivity contribution in [3.05, 3.63) is 48.0 Å². The van der Waals surface area contributed by atoms with Gasteiger partial charge in [0.2, 0.25) is 0 Å². The summed E-state index contributed by atoms with van der Waals surface area (Å²) in [6, 6.07) is 9.92. The first kappa shape index (κ1) is 11.9. The Labute approximate surface area is 101 Å². The fourth-order valence-electron chi connectivity index (χ4n) is 1.98. The number of rotatable bonds is 2. The number of ether oxygens (including phenoxy) is 2. The van der Waals surface area contributed by atoms with E-state index in [9.17, 15) is 4.79 Å². The van der Waals surface area contributed by atoms with E-state index >= 15 is 0 Å². The molecule has 0 fully saturated rings. The number of benzene rings is 1. The van der Waals surface area contributed by atoms with Crippen LogP contribution in [0.25, 0.3) is 0 Å². The van der Waals surface area contributed by atoms with E-state index in [1.54, 1.807) is 6.08 Å². The highest BCUT2D eigenvalue weighted by Gasteiger charge is 2.29. The van der Waals surface area contributed by atoms with Crippen LogP contribution in [-0.2, 0) is 14.3 Å². The van der Waals surface area contributed by atoms with Crippen LogP contribution in [0.3, 0.4) is 0 Å². The smallest absolute Gasteiger partial charge is 0.339 e. The third kappa shape index (κ3) is 2.56. The highest BCUT2D eigenvalue weighted by Crippen LogP contribution is 2.32. The number of carbonyl (C=O) groups is 1. The van der Waals surface area contributed by atoms with Gasteiger partial charge in [0, 0.05) is 5.92 Å². The molecule has 3 atom stereocenters. The van der Waals surface area contributed by atoms with Crippen LogP contribution in [-0.4, -0.2) is 19.2 Å². The summed E-state index contributed by atoms with van der Waals surface area (Å²) >= 11 is 0. The van der Waals surface area contributed by atoms with Crippen LogP contribution < -0.4 is 0 Å². The second-order valence-electron chi connectivity index (χ2n) is 4.16. The van der Waals surface area contributed by atoms with Crippen LogP contribution in [0.4, 0.5) is 0 Å². The molecule has 2 rings (SSSR count). The minimum atomic E-state index is -0.596. The Kier molecular flexibility index (Phi) is 3.59. The van der Waals surface area contributed by atoms with Crippen molar-refractivity contribution in [1.82, 2.24) is 0 Å². The normalized spacial score (nSPS) is 27.8. The first-order valence-corrected chi connectivity index (χ1v) is 5.69. The quantitative estimate of drug-likeness (QED) is 0.580. The summed E-state index contributed by atoms with van der Waals surface area (Å²) < 4.78 is 10.5. The average molecular weight is 232 g/mol. The van der Waals surface area contributed by atoms with E-state index in [1.165, 1.54) is 7.11 Å². The van der Waals surface area contributed by atoms with Gasteiger partial charge in [0.25, 0.3) is 0 Å². The molecule has 0 amide bonds. The van der Waals surface area contributed by atoms with Crippen LogP contribution in [0.2, 0.25) is 0 Å². The van der Waals surface area contributed by atoms with Crippen molar-refractivity contribution in [2.75, 3.05) is 7.11 Å². The molecular weight excluding hydrogens is 216 g/mol. The highest BCUT2D eigenvalue weighted by atomic mass is 16.6. The molecule has 0 unspecified atom stereocenters. The maximum absolute atomic E-state index is 11.5. The largest absolute Gasteiger partial charge is 0.467 e. The molecule has 17 heavy (non-hydrogen) atoms. The van der Waals surface area contributed by atoms with Crippen molar-refractivity contribution in [3.8, 4) is 0 Å². The molecule has 3 heteroatoms. The molecule has 0 spiro atoms. The monoisotopic (exact) mass is 232 g/mol. The van der Waals surface area contributed by atoms with Crippen molar-refractivity contribution in [3.63, 3.8) is 0 Å². The highest BCUT2D eigenvalue weighted by molar-refractivity contribution is 5.77. The maximum Gasteiger partial charge on any atom is 0.339 e. The summed E-state index contributed by atoms with van der Waals surface area (Å²) in [5.41, 5.74) is 1.08. The Morgan fingerprint density at radius 3 is 2.59 bits per heavy atom. The molecule has 3 nitrogen and oxygen atoms in total. The number of carbonyl (C=O) groups excluding carboxylic acids is 1. The lowest BCUT2D eigenvalue weighted by Crippen LogP contribution is -2.30. The lowest BCUT2D eigenvalue weighted by atomic mass is 9.94. The second kappa shape index (κ2) is 5.15. The summed E-state index contributed by atoms with van der Waals surface area (Å²) in [6.45, 7) is 2.07. The van der Waals surface area contributed by atoms with E-state index in [4.69, 9.17) is 9.47 Å². The first-order chi connectivity index (χ1) is 8.22. The zero-order valence-electron chi connectivity index (χ0n) is 10.00. The number of methoxy groups -OCH3 is 1. The van der Waals surface area contributed by atoms with E-state index in [0.29, 0.717) is 0 Å². The Hall–Kier alpha value is -1.61. The molecule has 1 aromatic rings. The Morgan fingerprint density at radius 2 is 1.94 bits per heavy atom. The number of hydrogen-bond acceptors (Lipinski definition) is 3. The van der Waals surface area contributed by atoms with Gasteiger partial charge in [0.15, 0.2) is 6.10 Å². The van der Waals surface area contributed by atoms with Crippen LogP contribution in [0.15, 0.2) is 42.5 Å². The van der Waals surface area contributed by atoms with E-state index in [-0.39, 0.29) is 18.0 Å². The van der Waals surface area contributed by atoms with Crippen molar-refractivity contribution in [2.24, 2.45) is 5.92 Å². The predicted octanol–water partition coefficient (Wildman–Crippen LogP) is 2.49. The van der Waals surface area contributed by atoms with Crippen molar-refractivity contribution >= 4 is 5.97 Å². The van der Waals surface area contributed by atoms with Crippen LogP contribution in [0.1, 0.15) is 18.6 Å². The fraction of sp³-hybridized carbons (Fsp3) is 0.357. The average Bonchev–Trinajstić information content (AvgIpc) is 2.39. The third-order valence-electron chi connectivity index (χ3n) is 2.92. The topological polar surface area (TPSA) is 35.5 Å². The molecule has 1 heterocycles. The van der Waals surface area contributed by atoms with E-state index in [2.05, 4.69) is 6.92 Å². The van der Waals surface area contributed by atoms with E-state index < -0.39 is 6.10 Å². The fourth-order valence-corrected chi connectivity index (χ4v) is 1.98. The second-order valence-corrected chi connectivity index (χ2v) is 4.16. The molecule has 1 aliphatic heterocycles. The zero-order chi connectivity index (χ0) is 12.3. The van der Waals surface area contributed by atoms with Crippen LogP contribution >= 0.6 is 0 Å². The molecule has 1 aromatic carbocycles. The summed E-state index contributed by atoms with van der Waals surface area (Å²) in [6.07, 6.45) is 3.07. The minimum absolute atomic E-state index is 0.0923. The van der Waals surface area contributed by atoms with Gasteiger partial charge in [0.1, 0.15) is 0 Å². The molecule has 1 aliphatic rings. The van der Waals surface area contributed by atoms with Gasteiger partial charge in [-0.3, -0.25) is 0 Å². The molecule has 0 saturated carbocycles. The van der Waals surface area contributed by atoms with Crippen LogP contribution in [0.5, 0.6) is 0 Å². The Balaban J connectivity index is 2.19. The van der Waals surface area contributed by atoms with Gasteiger partial charge in [-0.25, -0.2) is 4.79 Å². The van der Waals surface area contributed by atoms with Crippen molar-refractivity contribution in [1.29, 1.82) is 0 Å². The summed E-state index contributed by atoms with van der Waals surface area (Å²) in [7, 11) is 1.37. The predicted molar refractivity (Wildman–Crippen MR) is 64.4 cm³/mol. The summed E-state index contributed by atoms with van der Waals surface area (Å²) in [5.74, 6) is -0.104. The first-order valence-electron chi connectivity index (χ1n) is 5.69. The number of esters is 1. The van der Waals surface area contributed by atoms with Gasteiger partial charge in [-0.1, -0.05) is 43.3 Å². The minimum Gasteiger partial charge on any atom is -0.467 e. The molecule has 0 aliphatic carbocycles. The van der Waals surface area contributed by atoms with E-state index in [0.717, 1.165) is 5.56 Å². The van der Waals surface area contributed by atoms with Gasteiger partial charge < -0.3 is 9.47 Å². The Bertz CT molecular complexity index is 411. The van der Waals surface area contributed by atoms with Gasteiger partial charge in [0.05, 0.1) is 13.2 Å². The summed E-state index contributed by atoms with van der Waals surface area (Å²) in [4.78, 5) is 11.5. The number of hydrogen-bond donors (Lipinski definition) is 0. The molecule has 90 valence electrons. The van der Waals surface area contributed by atoms with Gasteiger partial charge >= 0.3 is 5.97 Å².